The predicted octanol–water partition coefficient (Wildman–Crippen LogP) is 13.8. The van der Waals surface area contributed by atoms with Gasteiger partial charge in [-0.3, -0.25) is 0 Å². The van der Waals surface area contributed by atoms with Crippen LogP contribution in [0.4, 0.5) is 17.1 Å². The van der Waals surface area contributed by atoms with E-state index >= 15 is 0 Å². The average molecular weight is 657 g/mol. The standard InChI is InChI=1S/C47H32N2S/c1-31-27-41-40-29-33(34-23-25-39-38-20-10-11-21-43(38)48(44(39)30-34)35-15-4-2-5-16-35)24-26-46(40)50-47(41)45(28-31)49(36-17-6-3-7-18-36)42-22-12-14-32-13-8-9-19-37(32)42/h2-30H,1H3. The summed E-state index contributed by atoms with van der Waals surface area (Å²) in [5.41, 5.74) is 10.8. The molecule has 50 heavy (non-hydrogen) atoms. The van der Waals surface area contributed by atoms with Gasteiger partial charge >= 0.3 is 0 Å². The number of benzene rings is 8. The van der Waals surface area contributed by atoms with E-state index in [2.05, 4.69) is 192 Å². The van der Waals surface area contributed by atoms with Gasteiger partial charge in [0.1, 0.15) is 0 Å². The van der Waals surface area contributed by atoms with Crippen molar-refractivity contribution < 1.29 is 0 Å². The molecule has 8 aromatic carbocycles. The van der Waals surface area contributed by atoms with Gasteiger partial charge < -0.3 is 9.47 Å². The number of rotatable bonds is 5. The molecule has 236 valence electrons. The zero-order valence-corrected chi connectivity index (χ0v) is 28.4. The number of hydrogen-bond donors (Lipinski definition) is 0. The number of anilines is 3. The third-order valence-electron chi connectivity index (χ3n) is 9.98. The fourth-order valence-corrected chi connectivity index (χ4v) is 8.91. The van der Waals surface area contributed by atoms with Gasteiger partial charge in [-0.05, 0) is 95.7 Å². The third-order valence-corrected chi connectivity index (χ3v) is 11.2. The maximum Gasteiger partial charge on any atom is 0.0643 e. The quantitative estimate of drug-likeness (QED) is 0.179. The number of fused-ring (bicyclic) bond motifs is 7. The molecule has 0 bridgehead atoms. The molecular formula is C47H32N2S. The van der Waals surface area contributed by atoms with Crippen molar-refractivity contribution in [1.82, 2.24) is 4.57 Å². The van der Waals surface area contributed by atoms with Gasteiger partial charge in [-0.25, -0.2) is 0 Å². The number of aromatic nitrogens is 1. The first-order valence-electron chi connectivity index (χ1n) is 17.1. The number of thiophene rings is 1. The second kappa shape index (κ2) is 11.5. The van der Waals surface area contributed by atoms with Crippen LogP contribution in [0.5, 0.6) is 0 Å². The highest BCUT2D eigenvalue weighted by Gasteiger charge is 2.21. The van der Waals surface area contributed by atoms with E-state index in [0.717, 1.165) is 5.69 Å². The molecule has 0 aliphatic heterocycles. The predicted molar refractivity (Wildman–Crippen MR) is 216 cm³/mol. The van der Waals surface area contributed by atoms with Crippen LogP contribution in [0.1, 0.15) is 5.56 Å². The third kappa shape index (κ3) is 4.55. The van der Waals surface area contributed by atoms with E-state index in [-0.39, 0.29) is 0 Å². The summed E-state index contributed by atoms with van der Waals surface area (Å²) < 4.78 is 4.98. The Labute approximate surface area is 294 Å². The number of hydrogen-bond acceptors (Lipinski definition) is 2. The average Bonchev–Trinajstić information content (AvgIpc) is 3.71. The number of nitrogens with zero attached hydrogens (tertiary/aromatic N) is 2. The molecule has 2 aromatic heterocycles. The van der Waals surface area contributed by atoms with Crippen molar-refractivity contribution in [2.24, 2.45) is 0 Å². The second-order valence-electron chi connectivity index (χ2n) is 13.1. The minimum absolute atomic E-state index is 1.15. The smallest absolute Gasteiger partial charge is 0.0643 e. The summed E-state index contributed by atoms with van der Waals surface area (Å²) in [4.78, 5) is 2.45. The highest BCUT2D eigenvalue weighted by molar-refractivity contribution is 7.26. The summed E-state index contributed by atoms with van der Waals surface area (Å²) in [6.07, 6.45) is 0. The molecule has 10 aromatic rings. The Kier molecular flexibility index (Phi) is 6.61. The Morgan fingerprint density at radius 3 is 2.00 bits per heavy atom. The summed E-state index contributed by atoms with van der Waals surface area (Å²) in [6, 6.07) is 64.2. The lowest BCUT2D eigenvalue weighted by atomic mass is 10.00. The molecule has 3 heteroatoms. The van der Waals surface area contributed by atoms with Crippen molar-refractivity contribution in [3.63, 3.8) is 0 Å². The second-order valence-corrected chi connectivity index (χ2v) is 14.1. The number of para-hydroxylation sites is 3. The fourth-order valence-electron chi connectivity index (χ4n) is 7.74. The molecule has 0 aliphatic carbocycles. The summed E-state index contributed by atoms with van der Waals surface area (Å²) in [6.45, 7) is 2.22. The van der Waals surface area contributed by atoms with Crippen molar-refractivity contribution in [3.8, 4) is 16.8 Å². The minimum Gasteiger partial charge on any atom is -0.309 e. The highest BCUT2D eigenvalue weighted by atomic mass is 32.1. The van der Waals surface area contributed by atoms with Crippen molar-refractivity contribution in [2.45, 2.75) is 6.92 Å². The summed E-state index contributed by atoms with van der Waals surface area (Å²) in [5, 5.41) is 7.60. The van der Waals surface area contributed by atoms with E-state index in [9.17, 15) is 0 Å². The number of aryl methyl sites for hydroxylation is 1. The first kappa shape index (κ1) is 28.8. The molecule has 0 N–H and O–H groups in total. The Morgan fingerprint density at radius 1 is 0.460 bits per heavy atom. The maximum atomic E-state index is 2.45. The van der Waals surface area contributed by atoms with Gasteiger partial charge in [0.2, 0.25) is 0 Å². The van der Waals surface area contributed by atoms with Gasteiger partial charge in [0, 0.05) is 43.0 Å². The Bertz CT molecular complexity index is 2880. The zero-order chi connectivity index (χ0) is 33.2. The van der Waals surface area contributed by atoms with Crippen LogP contribution in [0.2, 0.25) is 0 Å². The molecule has 2 heterocycles. The van der Waals surface area contributed by atoms with Crippen LogP contribution < -0.4 is 4.90 Å². The van der Waals surface area contributed by atoms with Crippen LogP contribution in [0.15, 0.2) is 176 Å². The van der Waals surface area contributed by atoms with Crippen LogP contribution in [0.3, 0.4) is 0 Å². The molecule has 0 saturated heterocycles. The van der Waals surface area contributed by atoms with Gasteiger partial charge in [0.05, 0.1) is 27.1 Å². The molecule has 0 unspecified atom stereocenters. The normalized spacial score (nSPS) is 11.7. The van der Waals surface area contributed by atoms with E-state index in [1.54, 1.807) is 0 Å². The molecule has 0 aliphatic rings. The van der Waals surface area contributed by atoms with Crippen LogP contribution in [-0.2, 0) is 0 Å². The van der Waals surface area contributed by atoms with Gasteiger partial charge in [0.15, 0.2) is 0 Å². The van der Waals surface area contributed by atoms with Gasteiger partial charge in [-0.2, -0.15) is 0 Å². The van der Waals surface area contributed by atoms with Crippen LogP contribution in [0, 0.1) is 6.92 Å². The molecule has 10 rings (SSSR count). The van der Waals surface area contributed by atoms with E-state index in [0.29, 0.717) is 0 Å². The van der Waals surface area contributed by atoms with Gasteiger partial charge in [0.25, 0.3) is 0 Å². The van der Waals surface area contributed by atoms with Crippen molar-refractivity contribution >= 4 is 81.1 Å². The highest BCUT2D eigenvalue weighted by Crippen LogP contribution is 2.47. The molecule has 0 radical (unpaired) electrons. The lowest BCUT2D eigenvalue weighted by Gasteiger charge is -2.27. The van der Waals surface area contributed by atoms with Crippen LogP contribution >= 0.6 is 11.3 Å². The maximum absolute atomic E-state index is 2.45. The lowest BCUT2D eigenvalue weighted by molar-refractivity contribution is 1.18. The SMILES string of the molecule is Cc1cc(N(c2ccccc2)c2cccc3ccccc23)c2sc3ccc(-c4ccc5c6ccccc6n(-c6ccccc6)c5c4)cc3c2c1. The topological polar surface area (TPSA) is 8.17 Å². The van der Waals surface area contributed by atoms with Crippen molar-refractivity contribution in [2.75, 3.05) is 4.90 Å². The van der Waals surface area contributed by atoms with E-state index in [1.807, 2.05) is 11.3 Å². The summed E-state index contributed by atoms with van der Waals surface area (Å²) >= 11 is 1.88. The molecule has 0 saturated carbocycles. The summed E-state index contributed by atoms with van der Waals surface area (Å²) in [5.74, 6) is 0. The molecule has 2 nitrogen and oxygen atoms in total. The Hall–Kier alpha value is -6.16. The fraction of sp³-hybridized carbons (Fsp3) is 0.0213. The zero-order valence-electron chi connectivity index (χ0n) is 27.5. The molecule has 0 amide bonds. The molecular weight excluding hydrogens is 625 g/mol. The minimum atomic E-state index is 1.15. The Morgan fingerprint density at radius 2 is 1.14 bits per heavy atom. The molecule has 0 atom stereocenters. The van der Waals surface area contributed by atoms with Crippen LogP contribution in [0.25, 0.3) is 69.6 Å². The van der Waals surface area contributed by atoms with E-state index in [1.165, 1.54) is 86.5 Å². The molecule has 0 spiro atoms. The first-order valence-corrected chi connectivity index (χ1v) is 17.9. The van der Waals surface area contributed by atoms with Crippen molar-refractivity contribution in [1.29, 1.82) is 0 Å². The van der Waals surface area contributed by atoms with Gasteiger partial charge in [-0.15, -0.1) is 11.3 Å². The van der Waals surface area contributed by atoms with E-state index in [4.69, 9.17) is 0 Å². The van der Waals surface area contributed by atoms with E-state index < -0.39 is 0 Å². The van der Waals surface area contributed by atoms with Crippen molar-refractivity contribution in [3.05, 3.63) is 181 Å². The largest absolute Gasteiger partial charge is 0.309 e. The summed E-state index contributed by atoms with van der Waals surface area (Å²) in [7, 11) is 0. The van der Waals surface area contributed by atoms with Gasteiger partial charge in [-0.1, -0.05) is 109 Å². The Balaban J connectivity index is 1.18. The molecule has 0 fully saturated rings. The first-order chi connectivity index (χ1) is 24.7. The monoisotopic (exact) mass is 656 g/mol. The van der Waals surface area contributed by atoms with Crippen LogP contribution in [-0.4, -0.2) is 4.57 Å². The lowest BCUT2D eigenvalue weighted by Crippen LogP contribution is -2.10.